The number of aromatic nitrogens is 1. The average molecular weight is 368 g/mol. The van der Waals surface area contributed by atoms with Gasteiger partial charge in [-0.2, -0.15) is 13.2 Å². The second kappa shape index (κ2) is 7.21. The molecule has 2 heterocycles. The van der Waals surface area contributed by atoms with Gasteiger partial charge in [0, 0.05) is 6.20 Å². The topological polar surface area (TPSA) is 110 Å². The van der Waals surface area contributed by atoms with Crippen LogP contribution in [0.2, 0.25) is 0 Å². The van der Waals surface area contributed by atoms with Crippen molar-refractivity contribution >= 4 is 30.3 Å². The molecule has 24 heavy (non-hydrogen) atoms. The molecule has 2 amide bonds. The van der Waals surface area contributed by atoms with Gasteiger partial charge in [-0.15, -0.1) is 12.6 Å². The summed E-state index contributed by atoms with van der Waals surface area (Å²) in [7, 11) is 0. The zero-order valence-electron chi connectivity index (χ0n) is 12.2. The molecule has 0 aliphatic carbocycles. The predicted molar refractivity (Wildman–Crippen MR) is 79.7 cm³/mol. The number of halogens is 3. The predicted octanol–water partition coefficient (Wildman–Crippen LogP) is 0.821. The first-order valence-electron chi connectivity index (χ1n) is 6.71. The Morgan fingerprint density at radius 1 is 1.50 bits per heavy atom. The van der Waals surface area contributed by atoms with E-state index in [4.69, 9.17) is 10.5 Å². The van der Waals surface area contributed by atoms with Gasteiger partial charge >= 0.3 is 12.3 Å². The number of aromatic amines is 1. The number of alkyl halides is 3. The fourth-order valence-corrected chi connectivity index (χ4v) is 2.48. The van der Waals surface area contributed by atoms with E-state index in [9.17, 15) is 22.8 Å². The van der Waals surface area contributed by atoms with Gasteiger partial charge in [-0.3, -0.25) is 4.79 Å². The van der Waals surface area contributed by atoms with E-state index in [2.05, 4.69) is 27.7 Å². The molecule has 0 radical (unpaired) electrons. The molecule has 1 aromatic rings. The highest BCUT2D eigenvalue weighted by Crippen LogP contribution is 2.27. The fraction of sp³-hybridized carbons (Fsp3) is 0.500. The van der Waals surface area contributed by atoms with Crippen molar-refractivity contribution in [3.05, 3.63) is 18.0 Å². The zero-order chi connectivity index (χ0) is 17.9. The van der Waals surface area contributed by atoms with E-state index in [1.165, 1.54) is 11.1 Å². The maximum absolute atomic E-state index is 12.4. The van der Waals surface area contributed by atoms with Crippen molar-refractivity contribution in [1.29, 1.82) is 0 Å². The number of H-pyrrole nitrogens is 1. The van der Waals surface area contributed by atoms with Crippen molar-refractivity contribution in [3.63, 3.8) is 0 Å². The molecular weight excluding hydrogens is 353 g/mol. The number of carbonyl (C=O) groups excluding carboxylic acids is 2. The summed E-state index contributed by atoms with van der Waals surface area (Å²) < 4.78 is 46.4. The lowest BCUT2D eigenvalue weighted by atomic mass is 10.2. The van der Waals surface area contributed by atoms with Gasteiger partial charge in [-0.25, -0.2) is 4.79 Å². The molecule has 0 fully saturated rings. The molecule has 1 aliphatic rings. The first kappa shape index (κ1) is 18.3. The zero-order valence-corrected chi connectivity index (χ0v) is 13.1. The highest BCUT2D eigenvalue weighted by Gasteiger charge is 2.34. The lowest BCUT2D eigenvalue weighted by molar-refractivity contribution is -0.187. The van der Waals surface area contributed by atoms with Crippen LogP contribution >= 0.6 is 12.6 Å². The van der Waals surface area contributed by atoms with Crippen LogP contribution in [-0.4, -0.2) is 54.5 Å². The van der Waals surface area contributed by atoms with Crippen LogP contribution in [-0.2, 0) is 9.47 Å². The van der Waals surface area contributed by atoms with Gasteiger partial charge < -0.3 is 30.4 Å². The van der Waals surface area contributed by atoms with E-state index in [0.29, 0.717) is 5.69 Å². The maximum atomic E-state index is 12.4. The minimum Gasteiger partial charge on any atom is -0.447 e. The molecule has 2 atom stereocenters. The van der Waals surface area contributed by atoms with Crippen LogP contribution in [0.4, 0.5) is 23.7 Å². The van der Waals surface area contributed by atoms with Crippen molar-refractivity contribution in [2.24, 2.45) is 5.73 Å². The number of rotatable bonds is 6. The molecule has 12 heteroatoms. The molecule has 4 N–H and O–H groups in total. The molecule has 0 saturated carbocycles. The maximum Gasteiger partial charge on any atom is 0.411 e. The third kappa shape index (κ3) is 4.71. The molecule has 134 valence electrons. The van der Waals surface area contributed by atoms with Gasteiger partial charge in [0.1, 0.15) is 30.5 Å². The van der Waals surface area contributed by atoms with Crippen LogP contribution in [0.5, 0.6) is 0 Å². The Kier molecular flexibility index (Phi) is 5.49. The molecule has 1 aromatic heterocycles. The smallest absolute Gasteiger partial charge is 0.411 e. The first-order chi connectivity index (χ1) is 11.2. The van der Waals surface area contributed by atoms with E-state index in [1.54, 1.807) is 6.07 Å². The lowest BCUT2D eigenvalue weighted by Crippen LogP contribution is -2.53. The Hall–Kier alpha value is -2.08. The van der Waals surface area contributed by atoms with Crippen molar-refractivity contribution in [3.8, 4) is 0 Å². The highest BCUT2D eigenvalue weighted by molar-refractivity contribution is 7.81. The van der Waals surface area contributed by atoms with Crippen LogP contribution < -0.4 is 16.0 Å². The summed E-state index contributed by atoms with van der Waals surface area (Å²) in [4.78, 5) is 26.7. The molecule has 0 saturated heterocycles. The molecule has 8 nitrogen and oxygen atoms in total. The van der Waals surface area contributed by atoms with E-state index in [-0.39, 0.29) is 12.2 Å². The summed E-state index contributed by atoms with van der Waals surface area (Å²) in [6, 6.07) is 1.58. The number of nitrogens with zero attached hydrogens (tertiary/aromatic N) is 1. The van der Waals surface area contributed by atoms with Crippen molar-refractivity contribution in [2.75, 3.05) is 24.7 Å². The van der Waals surface area contributed by atoms with Gasteiger partial charge in [0.15, 0.2) is 0 Å². The molecule has 0 spiro atoms. The number of hydrogen-bond acceptors (Lipinski definition) is 6. The van der Waals surface area contributed by atoms with Crippen LogP contribution in [0.1, 0.15) is 10.5 Å². The largest absolute Gasteiger partial charge is 0.447 e. The van der Waals surface area contributed by atoms with Crippen LogP contribution in [0.25, 0.3) is 0 Å². The number of thiol groups is 1. The quantitative estimate of drug-likeness (QED) is 0.556. The Morgan fingerprint density at radius 3 is 2.83 bits per heavy atom. The Labute approximate surface area is 139 Å². The van der Waals surface area contributed by atoms with Gasteiger partial charge in [0.25, 0.3) is 5.91 Å². The minimum atomic E-state index is -4.54. The van der Waals surface area contributed by atoms with Crippen molar-refractivity contribution < 1.29 is 32.2 Å². The van der Waals surface area contributed by atoms with Crippen molar-refractivity contribution in [2.45, 2.75) is 17.8 Å². The summed E-state index contributed by atoms with van der Waals surface area (Å²) in [6.07, 6.45) is -5.30. The number of carbonyl (C=O) groups is 2. The van der Waals surface area contributed by atoms with Gasteiger partial charge in [0.05, 0.1) is 12.2 Å². The van der Waals surface area contributed by atoms with Crippen molar-refractivity contribution in [1.82, 2.24) is 10.3 Å². The number of fused-ring (bicyclic) bond motifs is 1. The third-order valence-corrected chi connectivity index (χ3v) is 3.52. The number of amides is 2. The number of anilines is 1. The Bertz CT molecular complexity index is 609. The van der Waals surface area contributed by atoms with E-state index >= 15 is 0 Å². The molecule has 2 unspecified atom stereocenters. The van der Waals surface area contributed by atoms with Crippen LogP contribution in [0, 0.1) is 0 Å². The summed E-state index contributed by atoms with van der Waals surface area (Å²) in [5.74, 6) is -0.396. The lowest BCUT2D eigenvalue weighted by Gasteiger charge is -2.36. The van der Waals surface area contributed by atoms with Gasteiger partial charge in [-0.1, -0.05) is 0 Å². The number of hydrogen-bond donors (Lipinski definition) is 4. The van der Waals surface area contributed by atoms with Crippen LogP contribution in [0.15, 0.2) is 12.3 Å². The molecular formula is C12H15F3N4O4S. The second-order valence-corrected chi connectivity index (χ2v) is 5.40. The molecule has 1 aliphatic heterocycles. The highest BCUT2D eigenvalue weighted by atomic mass is 32.1. The number of primary amides is 1. The van der Waals surface area contributed by atoms with Gasteiger partial charge in [0.2, 0.25) is 0 Å². The third-order valence-electron chi connectivity index (χ3n) is 3.11. The number of nitrogens with two attached hydrogens (primary N) is 1. The second-order valence-electron chi connectivity index (χ2n) is 4.92. The summed E-state index contributed by atoms with van der Waals surface area (Å²) in [6.45, 7) is -2.12. The van der Waals surface area contributed by atoms with Crippen LogP contribution in [0.3, 0.4) is 0 Å². The monoisotopic (exact) mass is 368 g/mol. The van der Waals surface area contributed by atoms with E-state index in [1.807, 2.05) is 0 Å². The summed E-state index contributed by atoms with van der Waals surface area (Å²) >= 11 is 4.19. The summed E-state index contributed by atoms with van der Waals surface area (Å²) in [5.41, 5.74) is 4.73. The molecule has 2 rings (SSSR count). The molecule has 0 bridgehead atoms. The van der Waals surface area contributed by atoms with Gasteiger partial charge in [-0.05, 0) is 6.07 Å². The standard InChI is InChI=1S/C12H15F3N4O4S/c13-12(14,15)5-23-6(4-22-10(16)21)3-19-7-1-2-17-8(7)9(20)18-11(19)24/h1-2,6,11,17,24H,3-5H2,(H2,16,21)(H,18,20). The minimum absolute atomic E-state index is 0.122. The SMILES string of the molecule is NC(=O)OCC(CN1c2cc[nH]c2C(=O)NC1S)OCC(F)(F)F. The molecule has 0 aromatic carbocycles. The summed E-state index contributed by atoms with van der Waals surface area (Å²) in [5, 5.41) is 2.52. The van der Waals surface area contributed by atoms with E-state index in [0.717, 1.165) is 0 Å². The Morgan fingerprint density at radius 2 is 2.21 bits per heavy atom. The first-order valence-corrected chi connectivity index (χ1v) is 7.22. The fourth-order valence-electron chi connectivity index (χ4n) is 2.14. The Balaban J connectivity index is 2.11. The number of nitrogens with one attached hydrogen (secondary N) is 2. The number of ether oxygens (including phenoxy) is 2. The average Bonchev–Trinajstić information content (AvgIpc) is 2.94. The normalized spacial score (nSPS) is 18.8. The van der Waals surface area contributed by atoms with E-state index < -0.39 is 43.0 Å².